The third-order valence-corrected chi connectivity index (χ3v) is 3.71. The fraction of sp³-hybridized carbons (Fsp3) is 0.222. The average molecular weight is 330 g/mol. The maximum atomic E-state index is 11.9. The molecule has 3 rings (SSSR count). The fourth-order valence-corrected chi connectivity index (χ4v) is 2.48. The molecule has 0 N–H and O–H groups in total. The van der Waals surface area contributed by atoms with Gasteiger partial charge in [-0.1, -0.05) is 23.7 Å². The minimum atomic E-state index is -0.255. The molecule has 118 valence electrons. The molecule has 2 aromatic carbocycles. The van der Waals surface area contributed by atoms with Crippen molar-refractivity contribution in [1.29, 1.82) is 0 Å². The van der Waals surface area contributed by atoms with Crippen LogP contribution in [0.5, 0.6) is 5.75 Å². The Bertz CT molecular complexity index is 824. The van der Waals surface area contributed by atoms with E-state index >= 15 is 0 Å². The van der Waals surface area contributed by atoms with E-state index < -0.39 is 0 Å². The lowest BCUT2D eigenvalue weighted by atomic mass is 10.1. The quantitative estimate of drug-likeness (QED) is 0.502. The van der Waals surface area contributed by atoms with E-state index in [9.17, 15) is 4.79 Å². The third kappa shape index (κ3) is 4.11. The van der Waals surface area contributed by atoms with Crippen molar-refractivity contribution < 1.29 is 13.9 Å². The highest BCUT2D eigenvalue weighted by Gasteiger charge is 2.08. The molecule has 1 aromatic heterocycles. The van der Waals surface area contributed by atoms with Crippen LogP contribution in [0.4, 0.5) is 0 Å². The van der Waals surface area contributed by atoms with Gasteiger partial charge in [-0.15, -0.1) is 0 Å². The molecule has 0 aliphatic carbocycles. The van der Waals surface area contributed by atoms with Crippen LogP contribution in [0.15, 0.2) is 46.9 Å². The second-order valence-corrected chi connectivity index (χ2v) is 5.75. The SMILES string of the molecule is Cc1nc2ccc(OC(=O)CCCc3ccc(Cl)cc3)cc2o1. The Hall–Kier alpha value is -2.33. The first-order valence-electron chi connectivity index (χ1n) is 7.42. The molecule has 0 unspecified atom stereocenters. The summed E-state index contributed by atoms with van der Waals surface area (Å²) in [6.07, 6.45) is 1.90. The Morgan fingerprint density at radius 1 is 1.22 bits per heavy atom. The Morgan fingerprint density at radius 2 is 2.00 bits per heavy atom. The van der Waals surface area contributed by atoms with Gasteiger partial charge in [0.2, 0.25) is 0 Å². The summed E-state index contributed by atoms with van der Waals surface area (Å²) >= 11 is 5.84. The predicted molar refractivity (Wildman–Crippen MR) is 88.8 cm³/mol. The number of nitrogens with zero attached hydrogens (tertiary/aromatic N) is 1. The number of carbonyl (C=O) groups is 1. The van der Waals surface area contributed by atoms with E-state index in [0.717, 1.165) is 23.9 Å². The van der Waals surface area contributed by atoms with Gasteiger partial charge in [-0.2, -0.15) is 0 Å². The van der Waals surface area contributed by atoms with Gasteiger partial charge in [-0.3, -0.25) is 4.79 Å². The molecule has 0 atom stereocenters. The minimum Gasteiger partial charge on any atom is -0.441 e. The van der Waals surface area contributed by atoms with E-state index in [4.69, 9.17) is 20.8 Å². The molecule has 0 aliphatic heterocycles. The van der Waals surface area contributed by atoms with Crippen LogP contribution in [0.1, 0.15) is 24.3 Å². The maximum Gasteiger partial charge on any atom is 0.311 e. The normalized spacial score (nSPS) is 10.9. The number of ether oxygens (including phenoxy) is 1. The van der Waals surface area contributed by atoms with E-state index in [1.807, 2.05) is 24.3 Å². The molecule has 1 heterocycles. The monoisotopic (exact) mass is 329 g/mol. The number of hydrogen-bond acceptors (Lipinski definition) is 4. The van der Waals surface area contributed by atoms with Crippen molar-refractivity contribution in [3.8, 4) is 5.75 Å². The summed E-state index contributed by atoms with van der Waals surface area (Å²) in [6, 6.07) is 12.8. The van der Waals surface area contributed by atoms with Gasteiger partial charge in [0.15, 0.2) is 11.5 Å². The number of aromatic nitrogens is 1. The summed E-state index contributed by atoms with van der Waals surface area (Å²) in [5, 5.41) is 0.714. The van der Waals surface area contributed by atoms with E-state index in [0.29, 0.717) is 28.7 Å². The van der Waals surface area contributed by atoms with Gasteiger partial charge >= 0.3 is 5.97 Å². The standard InChI is InChI=1S/C18H16ClNO3/c1-12-20-16-10-9-15(11-17(16)22-12)23-18(21)4-2-3-13-5-7-14(19)8-6-13/h5-11H,2-4H2,1H3. The molecule has 3 aromatic rings. The first-order chi connectivity index (χ1) is 11.1. The average Bonchev–Trinajstić information content (AvgIpc) is 2.88. The summed E-state index contributed by atoms with van der Waals surface area (Å²) in [4.78, 5) is 16.1. The van der Waals surface area contributed by atoms with Gasteiger partial charge < -0.3 is 9.15 Å². The highest BCUT2D eigenvalue weighted by molar-refractivity contribution is 6.30. The Kier molecular flexibility index (Phi) is 4.63. The van der Waals surface area contributed by atoms with Crippen LogP contribution < -0.4 is 4.74 Å². The number of halogens is 1. The Morgan fingerprint density at radius 3 is 2.78 bits per heavy atom. The van der Waals surface area contributed by atoms with Crippen molar-refractivity contribution >= 4 is 28.7 Å². The second kappa shape index (κ2) is 6.84. The molecule has 0 amide bonds. The molecule has 5 heteroatoms. The molecular weight excluding hydrogens is 314 g/mol. The number of carbonyl (C=O) groups excluding carboxylic acids is 1. The molecule has 0 fully saturated rings. The van der Waals surface area contributed by atoms with Gasteiger partial charge in [0.25, 0.3) is 0 Å². The first-order valence-corrected chi connectivity index (χ1v) is 7.80. The van der Waals surface area contributed by atoms with Gasteiger partial charge in [0.05, 0.1) is 0 Å². The number of hydrogen-bond donors (Lipinski definition) is 0. The van der Waals surface area contributed by atoms with Crippen LogP contribution in [0.25, 0.3) is 11.1 Å². The summed E-state index contributed by atoms with van der Waals surface area (Å²) in [6.45, 7) is 1.78. The van der Waals surface area contributed by atoms with Crippen LogP contribution in [-0.2, 0) is 11.2 Å². The van der Waals surface area contributed by atoms with E-state index in [-0.39, 0.29) is 5.97 Å². The molecule has 0 bridgehead atoms. The third-order valence-electron chi connectivity index (χ3n) is 3.46. The molecule has 4 nitrogen and oxygen atoms in total. The van der Waals surface area contributed by atoms with Gasteiger partial charge in [-0.25, -0.2) is 4.98 Å². The van der Waals surface area contributed by atoms with E-state index in [1.54, 1.807) is 25.1 Å². The van der Waals surface area contributed by atoms with Crippen molar-refractivity contribution in [3.63, 3.8) is 0 Å². The van der Waals surface area contributed by atoms with Crippen molar-refractivity contribution in [1.82, 2.24) is 4.98 Å². The number of oxazole rings is 1. The van der Waals surface area contributed by atoms with Gasteiger partial charge in [0.1, 0.15) is 11.3 Å². The molecule has 23 heavy (non-hydrogen) atoms. The number of rotatable bonds is 5. The molecule has 0 saturated carbocycles. The fourth-order valence-electron chi connectivity index (χ4n) is 2.35. The zero-order chi connectivity index (χ0) is 16.2. The minimum absolute atomic E-state index is 0.255. The number of fused-ring (bicyclic) bond motifs is 1. The lowest BCUT2D eigenvalue weighted by Crippen LogP contribution is -2.08. The Balaban J connectivity index is 1.52. The number of esters is 1. The molecular formula is C18H16ClNO3. The Labute approximate surface area is 139 Å². The van der Waals surface area contributed by atoms with Crippen LogP contribution in [0.2, 0.25) is 5.02 Å². The van der Waals surface area contributed by atoms with Gasteiger partial charge in [0, 0.05) is 24.4 Å². The maximum absolute atomic E-state index is 11.9. The van der Waals surface area contributed by atoms with Crippen LogP contribution in [0.3, 0.4) is 0 Å². The largest absolute Gasteiger partial charge is 0.441 e. The van der Waals surface area contributed by atoms with Crippen molar-refractivity contribution in [3.05, 3.63) is 58.9 Å². The van der Waals surface area contributed by atoms with Crippen molar-refractivity contribution in [2.75, 3.05) is 0 Å². The topological polar surface area (TPSA) is 52.3 Å². The summed E-state index contributed by atoms with van der Waals surface area (Å²) < 4.78 is 10.8. The van der Waals surface area contributed by atoms with Crippen LogP contribution >= 0.6 is 11.6 Å². The van der Waals surface area contributed by atoms with Crippen molar-refractivity contribution in [2.45, 2.75) is 26.2 Å². The highest BCUT2D eigenvalue weighted by Crippen LogP contribution is 2.22. The smallest absolute Gasteiger partial charge is 0.311 e. The number of benzene rings is 2. The van der Waals surface area contributed by atoms with E-state index in [2.05, 4.69) is 4.98 Å². The van der Waals surface area contributed by atoms with Crippen LogP contribution in [-0.4, -0.2) is 11.0 Å². The number of aryl methyl sites for hydroxylation is 2. The van der Waals surface area contributed by atoms with E-state index in [1.165, 1.54) is 0 Å². The van der Waals surface area contributed by atoms with Crippen LogP contribution in [0, 0.1) is 6.92 Å². The van der Waals surface area contributed by atoms with Crippen molar-refractivity contribution in [2.24, 2.45) is 0 Å². The zero-order valence-electron chi connectivity index (χ0n) is 12.7. The highest BCUT2D eigenvalue weighted by atomic mass is 35.5. The molecule has 0 saturated heterocycles. The predicted octanol–water partition coefficient (Wildman–Crippen LogP) is 4.72. The molecule has 0 radical (unpaired) electrons. The zero-order valence-corrected chi connectivity index (χ0v) is 13.5. The second-order valence-electron chi connectivity index (χ2n) is 5.32. The summed E-state index contributed by atoms with van der Waals surface area (Å²) in [5.74, 6) is 0.811. The molecule has 0 spiro atoms. The first kappa shape index (κ1) is 15.6. The summed E-state index contributed by atoms with van der Waals surface area (Å²) in [5.41, 5.74) is 2.53. The molecule has 0 aliphatic rings. The van der Waals surface area contributed by atoms with Gasteiger partial charge in [-0.05, 0) is 42.7 Å². The summed E-state index contributed by atoms with van der Waals surface area (Å²) in [7, 11) is 0. The lowest BCUT2D eigenvalue weighted by Gasteiger charge is -2.04. The lowest BCUT2D eigenvalue weighted by molar-refractivity contribution is -0.134.